The third-order valence-corrected chi connectivity index (χ3v) is 5.66. The van der Waals surface area contributed by atoms with E-state index in [1.54, 1.807) is 0 Å². The highest BCUT2D eigenvalue weighted by atomic mass is 16.1. The molecule has 1 aliphatic heterocycles. The molecular formula is C20H20N4O. The lowest BCUT2D eigenvalue weighted by Gasteiger charge is -2.37. The monoisotopic (exact) mass is 332 g/mol. The van der Waals surface area contributed by atoms with E-state index >= 15 is 0 Å². The predicted octanol–water partition coefficient (Wildman–Crippen LogP) is 2.64. The highest BCUT2D eigenvalue weighted by Crippen LogP contribution is 2.42. The van der Waals surface area contributed by atoms with Crippen LogP contribution in [0.5, 0.6) is 0 Å². The van der Waals surface area contributed by atoms with Gasteiger partial charge >= 0.3 is 0 Å². The van der Waals surface area contributed by atoms with Gasteiger partial charge in [0.2, 0.25) is 0 Å². The van der Waals surface area contributed by atoms with Gasteiger partial charge in [-0.15, -0.1) is 0 Å². The smallest absolute Gasteiger partial charge is 0.250 e. The zero-order valence-electron chi connectivity index (χ0n) is 14.2. The van der Waals surface area contributed by atoms with Gasteiger partial charge in [0.15, 0.2) is 5.65 Å². The van der Waals surface area contributed by atoms with E-state index in [2.05, 4.69) is 34.6 Å². The highest BCUT2D eigenvalue weighted by molar-refractivity contribution is 5.97. The van der Waals surface area contributed by atoms with Gasteiger partial charge in [0.05, 0.1) is 16.9 Å². The largest absolute Gasteiger partial charge is 0.376 e. The van der Waals surface area contributed by atoms with Gasteiger partial charge in [-0.25, -0.2) is 4.98 Å². The number of imidazole rings is 1. The van der Waals surface area contributed by atoms with E-state index in [0.717, 1.165) is 48.3 Å². The molecule has 3 aromatic rings. The number of pyridine rings is 1. The number of carbonyl (C=O) groups is 1. The van der Waals surface area contributed by atoms with Gasteiger partial charge in [0.1, 0.15) is 0 Å². The minimum atomic E-state index is -0.378. The summed E-state index contributed by atoms with van der Waals surface area (Å²) in [6.07, 6.45) is 7.61. The van der Waals surface area contributed by atoms with Gasteiger partial charge < -0.3 is 15.5 Å². The van der Waals surface area contributed by atoms with Crippen LogP contribution >= 0.6 is 0 Å². The van der Waals surface area contributed by atoms with Crippen molar-refractivity contribution in [3.8, 4) is 0 Å². The molecule has 3 N–H and O–H groups in total. The number of fused-ring (bicyclic) bond motifs is 4. The number of amides is 1. The van der Waals surface area contributed by atoms with Crippen molar-refractivity contribution >= 4 is 17.2 Å². The number of rotatable bonds is 1. The molecule has 0 atom stereocenters. The molecule has 0 fully saturated rings. The fraction of sp³-hybridized carbons (Fsp3) is 0.300. The molecule has 2 aromatic heterocycles. The van der Waals surface area contributed by atoms with E-state index < -0.39 is 0 Å². The molecule has 0 saturated heterocycles. The standard InChI is InChI=1S/C20H20N4O/c1-12-10-24-11-16(18(21)25)15-6-7-20(23-17(15)19(24)22-12)8-13-4-2-3-5-14(13)9-20/h2-5,10-11,23H,6-9H2,1H3,(H2,21,25). The number of hydrogen-bond donors (Lipinski definition) is 2. The molecule has 0 saturated carbocycles. The quantitative estimate of drug-likeness (QED) is 0.719. The number of hydrogen-bond acceptors (Lipinski definition) is 3. The molecule has 5 nitrogen and oxygen atoms in total. The van der Waals surface area contributed by atoms with Crippen molar-refractivity contribution in [2.75, 3.05) is 5.32 Å². The second-order valence-corrected chi connectivity index (χ2v) is 7.40. The van der Waals surface area contributed by atoms with Crippen LogP contribution in [-0.2, 0) is 19.3 Å². The number of aryl methyl sites for hydroxylation is 1. The second kappa shape index (κ2) is 4.85. The number of nitrogens with zero attached hydrogens (tertiary/aromatic N) is 2. The van der Waals surface area contributed by atoms with Crippen LogP contribution in [0.25, 0.3) is 5.65 Å². The zero-order chi connectivity index (χ0) is 17.2. The first kappa shape index (κ1) is 14.5. The van der Waals surface area contributed by atoms with Crippen LogP contribution in [0.2, 0.25) is 0 Å². The van der Waals surface area contributed by atoms with Crippen LogP contribution in [0.3, 0.4) is 0 Å². The predicted molar refractivity (Wildman–Crippen MR) is 97.0 cm³/mol. The van der Waals surface area contributed by atoms with Crippen LogP contribution in [0, 0.1) is 6.92 Å². The third-order valence-electron chi connectivity index (χ3n) is 5.66. The summed E-state index contributed by atoms with van der Waals surface area (Å²) >= 11 is 0. The highest BCUT2D eigenvalue weighted by Gasteiger charge is 2.41. The Morgan fingerprint density at radius 1 is 1.24 bits per heavy atom. The molecule has 1 amide bonds. The summed E-state index contributed by atoms with van der Waals surface area (Å²) in [6.45, 7) is 1.97. The maximum atomic E-state index is 12.0. The van der Waals surface area contributed by atoms with E-state index in [1.165, 1.54) is 11.1 Å². The summed E-state index contributed by atoms with van der Waals surface area (Å²) in [4.78, 5) is 16.7. The average Bonchev–Trinajstić information content (AvgIpc) is 3.13. The zero-order valence-corrected chi connectivity index (χ0v) is 14.2. The van der Waals surface area contributed by atoms with E-state index in [-0.39, 0.29) is 11.4 Å². The maximum Gasteiger partial charge on any atom is 0.250 e. The van der Waals surface area contributed by atoms with Crippen molar-refractivity contribution in [3.63, 3.8) is 0 Å². The summed E-state index contributed by atoms with van der Waals surface area (Å²) in [7, 11) is 0. The molecule has 0 unspecified atom stereocenters. The molecule has 3 heterocycles. The van der Waals surface area contributed by atoms with Crippen molar-refractivity contribution in [1.29, 1.82) is 0 Å². The first-order valence-electron chi connectivity index (χ1n) is 8.71. The first-order valence-corrected chi connectivity index (χ1v) is 8.71. The molecule has 2 aliphatic rings. The summed E-state index contributed by atoms with van der Waals surface area (Å²) in [5.41, 5.74) is 12.9. The number of carbonyl (C=O) groups excluding carboxylic acids is 1. The van der Waals surface area contributed by atoms with Gasteiger partial charge in [0.25, 0.3) is 5.91 Å². The Hall–Kier alpha value is -2.82. The van der Waals surface area contributed by atoms with E-state index in [4.69, 9.17) is 5.73 Å². The number of aromatic nitrogens is 2. The normalized spacial score (nSPS) is 17.3. The molecule has 0 bridgehead atoms. The number of anilines is 1. The summed E-state index contributed by atoms with van der Waals surface area (Å²) in [6, 6.07) is 8.65. The van der Waals surface area contributed by atoms with Crippen molar-refractivity contribution in [3.05, 3.63) is 64.6 Å². The van der Waals surface area contributed by atoms with Crippen LogP contribution < -0.4 is 11.1 Å². The van der Waals surface area contributed by atoms with Crippen molar-refractivity contribution in [2.24, 2.45) is 5.73 Å². The molecular weight excluding hydrogens is 312 g/mol. The third kappa shape index (κ3) is 2.08. The Balaban J connectivity index is 1.66. The summed E-state index contributed by atoms with van der Waals surface area (Å²) in [5, 5.41) is 3.78. The molecule has 1 aliphatic carbocycles. The van der Waals surface area contributed by atoms with Crippen LogP contribution in [-0.4, -0.2) is 20.8 Å². The van der Waals surface area contributed by atoms with Crippen LogP contribution in [0.1, 0.15) is 39.2 Å². The van der Waals surface area contributed by atoms with Gasteiger partial charge in [-0.1, -0.05) is 24.3 Å². The second-order valence-electron chi connectivity index (χ2n) is 7.40. The van der Waals surface area contributed by atoms with E-state index in [1.807, 2.05) is 23.7 Å². The van der Waals surface area contributed by atoms with Crippen molar-refractivity contribution in [2.45, 2.75) is 38.1 Å². The van der Waals surface area contributed by atoms with Gasteiger partial charge in [-0.3, -0.25) is 4.79 Å². The average molecular weight is 332 g/mol. The lowest BCUT2D eigenvalue weighted by Crippen LogP contribution is -2.43. The van der Waals surface area contributed by atoms with Crippen LogP contribution in [0.15, 0.2) is 36.7 Å². The molecule has 25 heavy (non-hydrogen) atoms. The Morgan fingerprint density at radius 2 is 1.96 bits per heavy atom. The molecule has 5 heteroatoms. The van der Waals surface area contributed by atoms with Gasteiger partial charge in [-0.05, 0) is 49.3 Å². The van der Waals surface area contributed by atoms with Gasteiger partial charge in [0, 0.05) is 17.9 Å². The number of nitrogens with one attached hydrogen (secondary N) is 1. The fourth-order valence-electron chi connectivity index (χ4n) is 4.54. The van der Waals surface area contributed by atoms with Crippen LogP contribution in [0.4, 0.5) is 5.69 Å². The van der Waals surface area contributed by atoms with Crippen molar-refractivity contribution < 1.29 is 4.79 Å². The molecule has 1 spiro atoms. The number of benzene rings is 1. The topological polar surface area (TPSA) is 72.4 Å². The molecule has 126 valence electrons. The Morgan fingerprint density at radius 3 is 2.64 bits per heavy atom. The Kier molecular flexibility index (Phi) is 2.82. The first-order chi connectivity index (χ1) is 12.0. The Bertz CT molecular complexity index is 1010. The summed E-state index contributed by atoms with van der Waals surface area (Å²) < 4.78 is 1.92. The molecule has 1 aromatic carbocycles. The fourth-order valence-corrected chi connectivity index (χ4v) is 4.54. The lowest BCUT2D eigenvalue weighted by molar-refractivity contribution is 0.0998. The number of nitrogens with two attached hydrogens (primary N) is 1. The minimum absolute atomic E-state index is 0.00724. The van der Waals surface area contributed by atoms with E-state index in [0.29, 0.717) is 5.56 Å². The minimum Gasteiger partial charge on any atom is -0.376 e. The van der Waals surface area contributed by atoms with Crippen molar-refractivity contribution in [1.82, 2.24) is 9.38 Å². The number of primary amides is 1. The lowest BCUT2D eigenvalue weighted by atomic mass is 9.83. The maximum absolute atomic E-state index is 12.0. The molecule has 5 rings (SSSR count). The van der Waals surface area contributed by atoms with Gasteiger partial charge in [-0.2, -0.15) is 0 Å². The summed E-state index contributed by atoms with van der Waals surface area (Å²) in [5.74, 6) is -0.378. The molecule has 0 radical (unpaired) electrons. The SMILES string of the molecule is Cc1cn2cc(C(N)=O)c3c(c2n1)NC1(CC3)Cc2ccccc2C1. The Labute approximate surface area is 145 Å². The van der Waals surface area contributed by atoms with E-state index in [9.17, 15) is 4.79 Å².